The zero-order chi connectivity index (χ0) is 16.5. The number of hydrogen-bond acceptors (Lipinski definition) is 6. The van der Waals surface area contributed by atoms with Gasteiger partial charge in [0, 0.05) is 23.2 Å². The largest absolute Gasteiger partial charge is 0.298 e. The number of carbonyl (C=O) groups excluding carboxylic acids is 1. The van der Waals surface area contributed by atoms with Gasteiger partial charge in [-0.1, -0.05) is 30.3 Å². The molecular weight excluding hydrogens is 344 g/mol. The molecule has 4 aromatic rings. The maximum atomic E-state index is 12.8. The minimum atomic E-state index is -0.512. The number of thiazole rings is 2. The van der Waals surface area contributed by atoms with E-state index in [1.54, 1.807) is 11.6 Å². The minimum absolute atomic E-state index is 0.0155. The number of fused-ring (bicyclic) bond motifs is 1. The molecule has 1 amide bonds. The van der Waals surface area contributed by atoms with Crippen molar-refractivity contribution in [1.82, 2.24) is 14.4 Å². The molecule has 0 aliphatic heterocycles. The summed E-state index contributed by atoms with van der Waals surface area (Å²) in [6, 6.07) is 9.53. The molecule has 0 bridgehead atoms. The van der Waals surface area contributed by atoms with Crippen LogP contribution >= 0.6 is 22.7 Å². The smallest absolute Gasteiger partial charge is 0.271 e. The van der Waals surface area contributed by atoms with Crippen molar-refractivity contribution in [3.63, 3.8) is 0 Å². The summed E-state index contributed by atoms with van der Waals surface area (Å²) in [5.41, 5.74) is 1.20. The van der Waals surface area contributed by atoms with Crippen LogP contribution in [0.5, 0.6) is 0 Å². The first-order chi connectivity index (χ1) is 11.7. The van der Waals surface area contributed by atoms with Crippen LogP contribution in [0.2, 0.25) is 0 Å². The molecule has 3 heterocycles. The van der Waals surface area contributed by atoms with Gasteiger partial charge in [0.05, 0.1) is 5.69 Å². The summed E-state index contributed by atoms with van der Waals surface area (Å²) in [6.45, 7) is 0. The van der Waals surface area contributed by atoms with Crippen LogP contribution < -0.4 is 10.9 Å². The highest BCUT2D eigenvalue weighted by molar-refractivity contribution is 7.15. The second-order valence-electron chi connectivity index (χ2n) is 4.87. The van der Waals surface area contributed by atoms with Crippen LogP contribution in [-0.2, 0) is 0 Å². The van der Waals surface area contributed by atoms with Crippen molar-refractivity contribution in [3.8, 4) is 11.3 Å². The molecule has 8 heteroatoms. The third-order valence-corrected chi connectivity index (χ3v) is 4.94. The number of amides is 1. The fraction of sp³-hybridized carbons (Fsp3) is 0. The normalized spacial score (nSPS) is 10.8. The predicted molar refractivity (Wildman–Crippen MR) is 94.8 cm³/mol. The van der Waals surface area contributed by atoms with Crippen LogP contribution in [0.25, 0.3) is 16.2 Å². The van der Waals surface area contributed by atoms with Gasteiger partial charge in [-0.3, -0.25) is 19.3 Å². The highest BCUT2D eigenvalue weighted by Gasteiger charge is 2.17. The van der Waals surface area contributed by atoms with Crippen LogP contribution in [0.4, 0.5) is 5.13 Å². The van der Waals surface area contributed by atoms with Crippen molar-refractivity contribution < 1.29 is 4.79 Å². The van der Waals surface area contributed by atoms with Crippen molar-refractivity contribution >= 4 is 38.7 Å². The first-order valence-electron chi connectivity index (χ1n) is 6.99. The van der Waals surface area contributed by atoms with E-state index < -0.39 is 11.5 Å². The number of nitrogens with one attached hydrogen (secondary N) is 1. The molecule has 1 aromatic carbocycles. The summed E-state index contributed by atoms with van der Waals surface area (Å²) < 4.78 is 1.47. The van der Waals surface area contributed by atoms with Crippen molar-refractivity contribution in [2.45, 2.75) is 0 Å². The molecule has 118 valence electrons. The number of aromatic nitrogens is 3. The Kier molecular flexibility index (Phi) is 3.68. The second kappa shape index (κ2) is 5.99. The highest BCUT2D eigenvalue weighted by Crippen LogP contribution is 2.23. The Balaban J connectivity index is 1.83. The lowest BCUT2D eigenvalue weighted by Gasteiger charge is -2.04. The van der Waals surface area contributed by atoms with Crippen LogP contribution in [0.3, 0.4) is 0 Å². The molecule has 0 radical (unpaired) electrons. The van der Waals surface area contributed by atoms with Gasteiger partial charge in [-0.2, -0.15) is 0 Å². The number of hydrogen-bond donors (Lipinski definition) is 1. The Morgan fingerprint density at radius 1 is 1.12 bits per heavy atom. The monoisotopic (exact) mass is 354 g/mol. The van der Waals surface area contributed by atoms with Crippen molar-refractivity contribution in [3.05, 3.63) is 69.4 Å². The Morgan fingerprint density at radius 3 is 2.71 bits per heavy atom. The number of benzene rings is 1. The maximum Gasteiger partial charge on any atom is 0.271 e. The Labute approximate surface area is 144 Å². The molecule has 0 saturated heterocycles. The van der Waals surface area contributed by atoms with Gasteiger partial charge in [0.25, 0.3) is 11.5 Å². The number of anilines is 1. The third-order valence-electron chi connectivity index (χ3n) is 3.41. The summed E-state index contributed by atoms with van der Waals surface area (Å²) in [6.07, 6.45) is 2.90. The van der Waals surface area contributed by atoms with Gasteiger partial charge in [0.15, 0.2) is 10.1 Å². The Bertz CT molecular complexity index is 1070. The average molecular weight is 354 g/mol. The SMILES string of the molecule is O=C(Nc1nccs1)c1cnc2scc(-c3ccccc3)n2c1=O. The van der Waals surface area contributed by atoms with E-state index in [2.05, 4.69) is 15.3 Å². The highest BCUT2D eigenvalue weighted by atomic mass is 32.1. The number of carbonyl (C=O) groups is 1. The van der Waals surface area contributed by atoms with E-state index >= 15 is 0 Å². The maximum absolute atomic E-state index is 12.8. The van der Waals surface area contributed by atoms with Crippen molar-refractivity contribution in [1.29, 1.82) is 0 Å². The van der Waals surface area contributed by atoms with Gasteiger partial charge in [-0.15, -0.1) is 22.7 Å². The van der Waals surface area contributed by atoms with E-state index in [1.165, 1.54) is 33.3 Å². The summed E-state index contributed by atoms with van der Waals surface area (Å²) >= 11 is 2.65. The van der Waals surface area contributed by atoms with Gasteiger partial charge < -0.3 is 0 Å². The number of rotatable bonds is 3. The lowest BCUT2D eigenvalue weighted by Crippen LogP contribution is -2.26. The molecule has 0 aliphatic carbocycles. The zero-order valence-electron chi connectivity index (χ0n) is 12.2. The van der Waals surface area contributed by atoms with E-state index in [-0.39, 0.29) is 5.56 Å². The van der Waals surface area contributed by atoms with Gasteiger partial charge >= 0.3 is 0 Å². The molecule has 0 aliphatic rings. The van der Waals surface area contributed by atoms with E-state index in [1.807, 2.05) is 35.7 Å². The van der Waals surface area contributed by atoms with Crippen LogP contribution in [-0.4, -0.2) is 20.3 Å². The summed E-state index contributed by atoms with van der Waals surface area (Å²) in [7, 11) is 0. The standard InChI is InChI=1S/C16H10N4O2S2/c21-13(19-15-17-6-7-23-15)11-8-18-16-20(14(11)22)12(9-24-16)10-4-2-1-3-5-10/h1-9H,(H,17,19,21). The average Bonchev–Trinajstić information content (AvgIpc) is 3.25. The third kappa shape index (κ3) is 2.51. The Morgan fingerprint density at radius 2 is 1.96 bits per heavy atom. The molecule has 1 N–H and O–H groups in total. The lowest BCUT2D eigenvalue weighted by atomic mass is 10.2. The Hall–Kier alpha value is -2.84. The summed E-state index contributed by atoms with van der Waals surface area (Å²) in [4.78, 5) is 33.9. The van der Waals surface area contributed by atoms with Gasteiger partial charge in [-0.25, -0.2) is 9.97 Å². The molecular formula is C16H10N4O2S2. The minimum Gasteiger partial charge on any atom is -0.298 e. The van der Waals surface area contributed by atoms with Crippen LogP contribution in [0, 0.1) is 0 Å². The summed E-state index contributed by atoms with van der Waals surface area (Å²) in [5, 5.41) is 6.67. The van der Waals surface area contributed by atoms with Crippen molar-refractivity contribution in [2.24, 2.45) is 0 Å². The molecule has 0 unspecified atom stereocenters. The molecule has 3 aromatic heterocycles. The van der Waals surface area contributed by atoms with Gasteiger partial charge in [0.2, 0.25) is 0 Å². The molecule has 0 atom stereocenters. The van der Waals surface area contributed by atoms with Gasteiger partial charge in [0.1, 0.15) is 5.56 Å². The van der Waals surface area contributed by atoms with E-state index in [4.69, 9.17) is 0 Å². The molecule has 0 spiro atoms. The topological polar surface area (TPSA) is 76.4 Å². The van der Waals surface area contributed by atoms with E-state index in [9.17, 15) is 9.59 Å². The fourth-order valence-corrected chi connectivity index (χ4v) is 3.69. The summed E-state index contributed by atoms with van der Waals surface area (Å²) in [5.74, 6) is -0.512. The molecule has 6 nitrogen and oxygen atoms in total. The second-order valence-corrected chi connectivity index (χ2v) is 6.60. The molecule has 4 rings (SSSR count). The zero-order valence-corrected chi connectivity index (χ0v) is 13.8. The quantitative estimate of drug-likeness (QED) is 0.613. The van der Waals surface area contributed by atoms with E-state index in [0.717, 1.165) is 11.3 Å². The lowest BCUT2D eigenvalue weighted by molar-refractivity contribution is 0.102. The molecule has 0 fully saturated rings. The predicted octanol–water partition coefficient (Wildman–Crippen LogP) is 3.13. The van der Waals surface area contributed by atoms with Crippen molar-refractivity contribution in [2.75, 3.05) is 5.32 Å². The molecule has 24 heavy (non-hydrogen) atoms. The first kappa shape index (κ1) is 14.7. The van der Waals surface area contributed by atoms with Crippen LogP contribution in [0.1, 0.15) is 10.4 Å². The number of nitrogens with zero attached hydrogens (tertiary/aromatic N) is 3. The molecule has 0 saturated carbocycles. The fourth-order valence-electron chi connectivity index (χ4n) is 2.31. The van der Waals surface area contributed by atoms with Crippen LogP contribution in [0.15, 0.2) is 58.3 Å². The van der Waals surface area contributed by atoms with E-state index in [0.29, 0.717) is 10.1 Å². The van der Waals surface area contributed by atoms with Gasteiger partial charge in [-0.05, 0) is 5.56 Å². The first-order valence-corrected chi connectivity index (χ1v) is 8.75.